The third kappa shape index (κ3) is 2.72. The van der Waals surface area contributed by atoms with Gasteiger partial charge in [-0.3, -0.25) is 0 Å². The third-order valence-corrected chi connectivity index (χ3v) is 7.79. The smallest absolute Gasteiger partial charge is 0.0653 e. The molecule has 2 unspecified atom stereocenters. The molecule has 0 aromatic heterocycles. The molecule has 1 saturated heterocycles. The minimum Gasteiger partial charge on any atom is -0.358 e. The van der Waals surface area contributed by atoms with E-state index in [-0.39, 0.29) is 16.5 Å². The first-order valence-electron chi connectivity index (χ1n) is 11.5. The van der Waals surface area contributed by atoms with Gasteiger partial charge in [-0.1, -0.05) is 96.2 Å². The minimum atomic E-state index is 0.0363. The first kappa shape index (κ1) is 20.5. The molecule has 0 radical (unpaired) electrons. The van der Waals surface area contributed by atoms with Gasteiger partial charge in [-0.05, 0) is 48.6 Å². The topological polar surface area (TPSA) is 3.24 Å². The minimum absolute atomic E-state index is 0.0363. The molecule has 1 fully saturated rings. The maximum Gasteiger partial charge on any atom is 0.0653 e. The van der Waals surface area contributed by atoms with Crippen LogP contribution in [0.15, 0.2) is 54.7 Å². The molecular weight excluding hydrogens is 350 g/mol. The van der Waals surface area contributed by atoms with Gasteiger partial charge in [-0.25, -0.2) is 0 Å². The van der Waals surface area contributed by atoms with Gasteiger partial charge < -0.3 is 4.90 Å². The second-order valence-corrected chi connectivity index (χ2v) is 11.3. The zero-order valence-corrected chi connectivity index (χ0v) is 19.7. The maximum atomic E-state index is 2.90. The van der Waals surface area contributed by atoms with Gasteiger partial charge in [-0.15, -0.1) is 0 Å². The molecule has 1 heteroatoms. The lowest BCUT2D eigenvalue weighted by molar-refractivity contribution is 0.155. The van der Waals surface area contributed by atoms with Crippen LogP contribution in [-0.4, -0.2) is 11.1 Å². The Morgan fingerprint density at radius 1 is 0.793 bits per heavy atom. The molecule has 4 rings (SSSR count). The Balaban J connectivity index is 2.08. The summed E-state index contributed by atoms with van der Waals surface area (Å²) in [5.74, 6) is 1.87. The lowest BCUT2D eigenvalue weighted by atomic mass is 9.62. The molecule has 1 aromatic carbocycles. The van der Waals surface area contributed by atoms with Crippen molar-refractivity contribution in [2.24, 2.45) is 17.3 Å². The highest BCUT2D eigenvalue weighted by atomic mass is 15.3. The van der Waals surface area contributed by atoms with E-state index in [1.165, 1.54) is 23.2 Å². The Labute approximate surface area is 178 Å². The Morgan fingerprint density at radius 2 is 1.28 bits per heavy atom. The van der Waals surface area contributed by atoms with E-state index in [0.29, 0.717) is 23.7 Å². The van der Waals surface area contributed by atoms with E-state index in [4.69, 9.17) is 0 Å². The second-order valence-electron chi connectivity index (χ2n) is 11.3. The van der Waals surface area contributed by atoms with Crippen molar-refractivity contribution < 1.29 is 0 Å². The molecule has 0 saturated carbocycles. The van der Waals surface area contributed by atoms with Gasteiger partial charge in [0.25, 0.3) is 0 Å². The predicted octanol–water partition coefficient (Wildman–Crippen LogP) is 7.62. The van der Waals surface area contributed by atoms with Gasteiger partial charge in [0.1, 0.15) is 0 Å². The summed E-state index contributed by atoms with van der Waals surface area (Å²) < 4.78 is 0. The third-order valence-electron chi connectivity index (χ3n) is 7.79. The molecule has 1 spiro atoms. The summed E-state index contributed by atoms with van der Waals surface area (Å²) in [7, 11) is 0. The SMILES string of the molecule is CC(C)c1cccc(C(C)C)c1N1C(C)(C)CC(C)(C)C12C1C=CC=CC2C=C1. The van der Waals surface area contributed by atoms with E-state index in [0.717, 1.165) is 0 Å². The molecule has 2 atom stereocenters. The Bertz CT molecular complexity index is 829. The van der Waals surface area contributed by atoms with Gasteiger partial charge >= 0.3 is 0 Å². The van der Waals surface area contributed by atoms with Crippen LogP contribution in [-0.2, 0) is 0 Å². The van der Waals surface area contributed by atoms with Crippen molar-refractivity contribution in [3.05, 3.63) is 65.8 Å². The fourth-order valence-electron chi connectivity index (χ4n) is 7.11. The standard InChI is InChI=1S/C28H39N/c1-19(2)23-14-11-15-24(20(3)4)25(23)29-27(7,8)18-26(5,6)28(29)21-12-9-10-13-22(28)17-16-21/h9-17,19-22H,18H2,1-8H3. The zero-order valence-electron chi connectivity index (χ0n) is 19.7. The summed E-state index contributed by atoms with van der Waals surface area (Å²) in [5.41, 5.74) is 4.82. The highest BCUT2D eigenvalue weighted by Gasteiger charge is 2.67. The quantitative estimate of drug-likeness (QED) is 0.481. The number of hydrogen-bond acceptors (Lipinski definition) is 1. The van der Waals surface area contributed by atoms with Crippen LogP contribution >= 0.6 is 0 Å². The summed E-state index contributed by atoms with van der Waals surface area (Å²) >= 11 is 0. The molecular formula is C28H39N. The molecule has 3 aliphatic rings. The molecule has 156 valence electrons. The van der Waals surface area contributed by atoms with Crippen LogP contribution in [0.3, 0.4) is 0 Å². The van der Waals surface area contributed by atoms with Crippen molar-refractivity contribution in [1.29, 1.82) is 0 Å². The molecule has 29 heavy (non-hydrogen) atoms. The van der Waals surface area contributed by atoms with Crippen LogP contribution < -0.4 is 4.90 Å². The lowest BCUT2D eigenvalue weighted by Crippen LogP contribution is -2.62. The van der Waals surface area contributed by atoms with Crippen LogP contribution in [0.1, 0.15) is 84.8 Å². The lowest BCUT2D eigenvalue weighted by Gasteiger charge is -2.55. The number of rotatable bonds is 3. The number of hydrogen-bond donors (Lipinski definition) is 0. The molecule has 0 N–H and O–H groups in total. The van der Waals surface area contributed by atoms with Crippen molar-refractivity contribution in [1.82, 2.24) is 0 Å². The fraction of sp³-hybridized carbons (Fsp3) is 0.571. The van der Waals surface area contributed by atoms with E-state index in [9.17, 15) is 0 Å². The van der Waals surface area contributed by atoms with Gasteiger partial charge in [0.2, 0.25) is 0 Å². The number of nitrogens with zero attached hydrogens (tertiary/aromatic N) is 1. The Kier molecular flexibility index (Phi) is 4.68. The van der Waals surface area contributed by atoms with Crippen LogP contribution in [0, 0.1) is 17.3 Å². The summed E-state index contributed by atoms with van der Waals surface area (Å²) in [4.78, 5) is 2.90. The zero-order chi connectivity index (χ0) is 21.2. The largest absolute Gasteiger partial charge is 0.358 e. The molecule has 2 aliphatic carbocycles. The van der Waals surface area contributed by atoms with Gasteiger partial charge in [0.15, 0.2) is 0 Å². The summed E-state index contributed by atoms with van der Waals surface area (Å²) in [6, 6.07) is 7.02. The van der Waals surface area contributed by atoms with Crippen molar-refractivity contribution in [3.8, 4) is 0 Å². The van der Waals surface area contributed by atoms with Gasteiger partial charge in [0.05, 0.1) is 5.54 Å². The van der Waals surface area contributed by atoms with Crippen molar-refractivity contribution in [2.75, 3.05) is 4.90 Å². The van der Waals surface area contributed by atoms with Crippen LogP contribution in [0.4, 0.5) is 5.69 Å². The second kappa shape index (κ2) is 6.62. The van der Waals surface area contributed by atoms with Crippen molar-refractivity contribution in [2.45, 2.75) is 84.7 Å². The molecule has 1 heterocycles. The average Bonchev–Trinajstić information content (AvgIpc) is 2.92. The molecule has 1 aliphatic heterocycles. The van der Waals surface area contributed by atoms with Crippen LogP contribution in [0.25, 0.3) is 0 Å². The first-order valence-corrected chi connectivity index (χ1v) is 11.5. The van der Waals surface area contributed by atoms with Crippen molar-refractivity contribution in [3.63, 3.8) is 0 Å². The molecule has 1 aromatic rings. The summed E-state index contributed by atoms with van der Waals surface area (Å²) in [5, 5.41) is 0. The molecule has 2 bridgehead atoms. The van der Waals surface area contributed by atoms with E-state index in [2.05, 4.69) is 115 Å². The highest BCUT2D eigenvalue weighted by Crippen LogP contribution is 2.65. The van der Waals surface area contributed by atoms with E-state index in [1.54, 1.807) is 0 Å². The van der Waals surface area contributed by atoms with E-state index in [1.807, 2.05) is 0 Å². The van der Waals surface area contributed by atoms with Crippen LogP contribution in [0.5, 0.6) is 0 Å². The average molecular weight is 390 g/mol. The number of allylic oxidation sites excluding steroid dienone is 2. The monoisotopic (exact) mass is 389 g/mol. The summed E-state index contributed by atoms with van der Waals surface area (Å²) in [6.07, 6.45) is 15.6. The summed E-state index contributed by atoms with van der Waals surface area (Å²) in [6.45, 7) is 19.4. The van der Waals surface area contributed by atoms with Gasteiger partial charge in [0, 0.05) is 23.1 Å². The predicted molar refractivity (Wildman–Crippen MR) is 127 cm³/mol. The van der Waals surface area contributed by atoms with Crippen molar-refractivity contribution >= 4 is 5.69 Å². The Morgan fingerprint density at radius 3 is 1.72 bits per heavy atom. The molecule has 1 nitrogen and oxygen atoms in total. The number of anilines is 1. The molecule has 0 amide bonds. The normalized spacial score (nSPS) is 31.4. The fourth-order valence-corrected chi connectivity index (χ4v) is 7.11. The highest BCUT2D eigenvalue weighted by molar-refractivity contribution is 5.69. The van der Waals surface area contributed by atoms with Crippen LogP contribution in [0.2, 0.25) is 0 Å². The number of para-hydroxylation sites is 1. The van der Waals surface area contributed by atoms with E-state index < -0.39 is 0 Å². The van der Waals surface area contributed by atoms with Gasteiger partial charge in [-0.2, -0.15) is 0 Å². The Hall–Kier alpha value is -1.76. The number of benzene rings is 1. The van der Waals surface area contributed by atoms with E-state index >= 15 is 0 Å². The first-order chi connectivity index (χ1) is 13.5. The maximum absolute atomic E-state index is 2.90.